The lowest BCUT2D eigenvalue weighted by Crippen LogP contribution is -2.30. The van der Waals surface area contributed by atoms with Crippen molar-refractivity contribution in [2.45, 2.75) is 11.1 Å². The van der Waals surface area contributed by atoms with E-state index in [1.54, 1.807) is 72.8 Å². The Labute approximate surface area is 259 Å². The van der Waals surface area contributed by atoms with E-state index in [0.717, 1.165) is 17.8 Å². The highest BCUT2D eigenvalue weighted by molar-refractivity contribution is 8.00. The zero-order chi connectivity index (χ0) is 31.0. The van der Waals surface area contributed by atoms with Crippen molar-refractivity contribution in [3.63, 3.8) is 0 Å². The molecule has 0 saturated heterocycles. The van der Waals surface area contributed by atoms with Crippen LogP contribution in [0.25, 0.3) is 6.08 Å². The third kappa shape index (κ3) is 8.87. The number of benzene rings is 4. The Morgan fingerprint density at radius 1 is 0.791 bits per heavy atom. The van der Waals surface area contributed by atoms with Gasteiger partial charge in [-0.2, -0.15) is 13.2 Å². The molecule has 0 aliphatic carbocycles. The van der Waals surface area contributed by atoms with Gasteiger partial charge in [-0.3, -0.25) is 14.4 Å². The molecule has 0 aromatic heterocycles. The summed E-state index contributed by atoms with van der Waals surface area (Å²) in [5.41, 5.74) is -0.205. The first-order valence-electron chi connectivity index (χ1n) is 12.5. The summed E-state index contributed by atoms with van der Waals surface area (Å²) >= 11 is 13.5. The van der Waals surface area contributed by atoms with Crippen molar-refractivity contribution in [2.24, 2.45) is 0 Å². The van der Waals surface area contributed by atoms with E-state index in [-0.39, 0.29) is 27.2 Å². The molecule has 4 rings (SSSR count). The fourth-order valence-corrected chi connectivity index (χ4v) is 4.80. The first-order valence-corrected chi connectivity index (χ1v) is 14.3. The monoisotopic (exact) mass is 643 g/mol. The SMILES string of the molecule is O=C(CSc1ccc(NC(=O)/C(=C/c2cccc(Cl)c2Cl)NC(=O)c2ccccc2)cc1)Nc1ccccc1C(F)(F)F. The Balaban J connectivity index is 1.43. The lowest BCUT2D eigenvalue weighted by molar-refractivity contribution is -0.137. The van der Waals surface area contributed by atoms with E-state index in [0.29, 0.717) is 21.7 Å². The Kier molecular flexibility index (Phi) is 10.5. The molecule has 4 aromatic rings. The molecule has 6 nitrogen and oxygen atoms in total. The van der Waals surface area contributed by atoms with Crippen molar-refractivity contribution >= 4 is 70.1 Å². The van der Waals surface area contributed by atoms with Gasteiger partial charge in [0.15, 0.2) is 0 Å². The number of amides is 3. The average Bonchev–Trinajstić information content (AvgIpc) is 2.99. The van der Waals surface area contributed by atoms with E-state index in [1.165, 1.54) is 24.3 Å². The van der Waals surface area contributed by atoms with Crippen LogP contribution in [0.5, 0.6) is 0 Å². The molecule has 3 N–H and O–H groups in total. The molecule has 0 fully saturated rings. The van der Waals surface area contributed by atoms with Gasteiger partial charge in [0.05, 0.1) is 27.0 Å². The number of carbonyl (C=O) groups is 3. The summed E-state index contributed by atoms with van der Waals surface area (Å²) < 4.78 is 39.6. The van der Waals surface area contributed by atoms with Crippen molar-refractivity contribution < 1.29 is 27.6 Å². The molecule has 4 aromatic carbocycles. The van der Waals surface area contributed by atoms with Gasteiger partial charge in [-0.15, -0.1) is 11.8 Å². The molecular formula is C31H22Cl2F3N3O3S. The summed E-state index contributed by atoms with van der Waals surface area (Å²) in [6, 6.07) is 24.4. The van der Waals surface area contributed by atoms with Gasteiger partial charge in [0.2, 0.25) is 5.91 Å². The van der Waals surface area contributed by atoms with E-state index in [1.807, 2.05) is 0 Å². The van der Waals surface area contributed by atoms with E-state index in [2.05, 4.69) is 16.0 Å². The number of anilines is 2. The highest BCUT2D eigenvalue weighted by atomic mass is 35.5. The second kappa shape index (κ2) is 14.3. The average molecular weight is 645 g/mol. The normalized spacial score (nSPS) is 11.5. The number of hydrogen-bond acceptors (Lipinski definition) is 4. The molecular weight excluding hydrogens is 622 g/mol. The van der Waals surface area contributed by atoms with Crippen LogP contribution < -0.4 is 16.0 Å². The molecule has 0 radical (unpaired) electrons. The van der Waals surface area contributed by atoms with E-state index in [4.69, 9.17) is 23.2 Å². The van der Waals surface area contributed by atoms with Crippen LogP contribution in [0, 0.1) is 0 Å². The van der Waals surface area contributed by atoms with E-state index in [9.17, 15) is 27.6 Å². The predicted molar refractivity (Wildman–Crippen MR) is 164 cm³/mol. The zero-order valence-corrected chi connectivity index (χ0v) is 24.4. The molecule has 0 aliphatic rings. The van der Waals surface area contributed by atoms with Crippen LogP contribution in [0.4, 0.5) is 24.5 Å². The maximum atomic E-state index is 13.2. The molecule has 0 heterocycles. The van der Waals surface area contributed by atoms with Crippen LogP contribution in [-0.2, 0) is 15.8 Å². The quantitative estimate of drug-likeness (QED) is 0.127. The Bertz CT molecular complexity index is 1660. The molecule has 12 heteroatoms. The molecule has 0 atom stereocenters. The Hall–Kier alpha value is -4.25. The molecule has 0 spiro atoms. The fourth-order valence-electron chi connectivity index (χ4n) is 3.74. The summed E-state index contributed by atoms with van der Waals surface area (Å²) in [6.45, 7) is 0. The minimum absolute atomic E-state index is 0.0905. The second-order valence-electron chi connectivity index (χ2n) is 8.88. The van der Waals surface area contributed by atoms with Gasteiger partial charge in [0.25, 0.3) is 11.8 Å². The first-order chi connectivity index (χ1) is 20.5. The van der Waals surface area contributed by atoms with Gasteiger partial charge in [-0.05, 0) is 66.2 Å². The standard InChI is InChI=1S/C31H22Cl2F3N3O3S/c32-24-11-6-9-20(28(24)33)17-26(39-29(41)19-7-2-1-3-8-19)30(42)37-21-13-15-22(16-14-21)43-18-27(40)38-25-12-5-4-10-23(25)31(34,35)36/h1-17H,18H2,(H,37,42)(H,38,40)(H,39,41)/b26-17-. The second-order valence-corrected chi connectivity index (χ2v) is 10.7. The summed E-state index contributed by atoms with van der Waals surface area (Å²) in [7, 11) is 0. The fraction of sp³-hybridized carbons (Fsp3) is 0.0645. The van der Waals surface area contributed by atoms with Crippen LogP contribution >= 0.6 is 35.0 Å². The topological polar surface area (TPSA) is 87.3 Å². The molecule has 3 amide bonds. The van der Waals surface area contributed by atoms with Gasteiger partial charge >= 0.3 is 6.18 Å². The number of thioether (sulfide) groups is 1. The lowest BCUT2D eigenvalue weighted by Gasteiger charge is -2.13. The summed E-state index contributed by atoms with van der Waals surface area (Å²) in [4.78, 5) is 39.0. The number of hydrogen-bond donors (Lipinski definition) is 3. The smallest absolute Gasteiger partial charge is 0.325 e. The third-order valence-corrected chi connectivity index (χ3v) is 7.64. The Morgan fingerprint density at radius 3 is 2.16 bits per heavy atom. The van der Waals surface area contributed by atoms with Crippen molar-refractivity contribution in [2.75, 3.05) is 16.4 Å². The van der Waals surface area contributed by atoms with Crippen LogP contribution in [0.2, 0.25) is 10.0 Å². The maximum Gasteiger partial charge on any atom is 0.418 e. The van der Waals surface area contributed by atoms with Gasteiger partial charge in [-0.25, -0.2) is 0 Å². The third-order valence-electron chi connectivity index (χ3n) is 5.80. The minimum Gasteiger partial charge on any atom is -0.325 e. The van der Waals surface area contributed by atoms with Gasteiger partial charge in [0, 0.05) is 16.1 Å². The van der Waals surface area contributed by atoms with E-state index >= 15 is 0 Å². The summed E-state index contributed by atoms with van der Waals surface area (Å²) in [6.07, 6.45) is -3.19. The lowest BCUT2D eigenvalue weighted by atomic mass is 10.1. The molecule has 0 saturated carbocycles. The van der Waals surface area contributed by atoms with E-state index < -0.39 is 29.5 Å². The molecule has 0 aliphatic heterocycles. The Morgan fingerprint density at radius 2 is 1.47 bits per heavy atom. The van der Waals surface area contributed by atoms with Crippen molar-refractivity contribution in [3.05, 3.63) is 129 Å². The van der Waals surface area contributed by atoms with Crippen molar-refractivity contribution in [3.8, 4) is 0 Å². The van der Waals surface area contributed by atoms with Gasteiger partial charge < -0.3 is 16.0 Å². The van der Waals surface area contributed by atoms with Gasteiger partial charge in [-0.1, -0.05) is 65.7 Å². The number of alkyl halides is 3. The maximum absolute atomic E-state index is 13.2. The molecule has 0 unspecified atom stereocenters. The number of nitrogens with one attached hydrogen (secondary N) is 3. The number of rotatable bonds is 9. The molecule has 43 heavy (non-hydrogen) atoms. The van der Waals surface area contributed by atoms with Crippen LogP contribution in [0.15, 0.2) is 108 Å². The number of para-hydroxylation sites is 1. The van der Waals surface area contributed by atoms with Crippen LogP contribution in [-0.4, -0.2) is 23.5 Å². The van der Waals surface area contributed by atoms with Crippen molar-refractivity contribution in [1.29, 1.82) is 0 Å². The highest BCUT2D eigenvalue weighted by Gasteiger charge is 2.33. The summed E-state index contributed by atoms with van der Waals surface area (Å²) in [5.74, 6) is -1.90. The zero-order valence-electron chi connectivity index (χ0n) is 22.0. The van der Waals surface area contributed by atoms with Crippen molar-refractivity contribution in [1.82, 2.24) is 5.32 Å². The molecule has 0 bridgehead atoms. The number of halogens is 5. The van der Waals surface area contributed by atoms with Crippen LogP contribution in [0.3, 0.4) is 0 Å². The predicted octanol–water partition coefficient (Wildman–Crippen LogP) is 8.15. The van der Waals surface area contributed by atoms with Gasteiger partial charge in [0.1, 0.15) is 5.70 Å². The highest BCUT2D eigenvalue weighted by Crippen LogP contribution is 2.34. The minimum atomic E-state index is -4.60. The summed E-state index contributed by atoms with van der Waals surface area (Å²) in [5, 5.41) is 8.10. The largest absolute Gasteiger partial charge is 0.418 e. The number of carbonyl (C=O) groups excluding carboxylic acids is 3. The first kappa shape index (κ1) is 31.7. The van der Waals surface area contributed by atoms with Crippen LogP contribution in [0.1, 0.15) is 21.5 Å². The molecule has 220 valence electrons.